The van der Waals surface area contributed by atoms with E-state index in [-0.39, 0.29) is 37.3 Å². The molecule has 0 unspecified atom stereocenters. The van der Waals surface area contributed by atoms with Gasteiger partial charge in [-0.1, -0.05) is 76.2 Å². The van der Waals surface area contributed by atoms with Crippen molar-refractivity contribution in [2.24, 2.45) is 11.8 Å². The lowest BCUT2D eigenvalue weighted by Gasteiger charge is -2.27. The highest BCUT2D eigenvalue weighted by Crippen LogP contribution is 2.25. The quantitative estimate of drug-likeness (QED) is 0.308. The molecule has 0 bridgehead atoms. The van der Waals surface area contributed by atoms with Crippen LogP contribution in [0, 0.1) is 11.8 Å². The van der Waals surface area contributed by atoms with Gasteiger partial charge in [0.05, 0.1) is 12.6 Å². The Morgan fingerprint density at radius 3 is 2.14 bits per heavy atom. The zero-order chi connectivity index (χ0) is 30.6. The van der Waals surface area contributed by atoms with Gasteiger partial charge in [0, 0.05) is 25.3 Å². The van der Waals surface area contributed by atoms with Gasteiger partial charge in [-0.2, -0.15) is 0 Å². The summed E-state index contributed by atoms with van der Waals surface area (Å²) in [7, 11) is 0. The third kappa shape index (κ3) is 10.5. The molecule has 0 spiro atoms. The number of para-hydroxylation sites is 1. The topological polar surface area (TPSA) is 128 Å². The van der Waals surface area contributed by atoms with Crippen LogP contribution in [0.25, 0.3) is 0 Å². The first-order valence-corrected chi connectivity index (χ1v) is 14.6. The average molecular weight is 581 g/mol. The number of carboxylic acids is 1. The van der Waals surface area contributed by atoms with E-state index in [9.17, 15) is 24.3 Å². The molecule has 2 aromatic rings. The number of nitrogens with one attached hydrogen (secondary N) is 2. The molecule has 228 valence electrons. The van der Waals surface area contributed by atoms with E-state index in [0.29, 0.717) is 32.5 Å². The molecule has 42 heavy (non-hydrogen) atoms. The Labute approximate surface area is 248 Å². The van der Waals surface area contributed by atoms with Crippen LogP contribution >= 0.6 is 0 Å². The molecule has 0 aromatic heterocycles. The summed E-state index contributed by atoms with van der Waals surface area (Å²) >= 11 is 0. The number of alkyl carbamates (subject to hydrolysis) is 1. The lowest BCUT2D eigenvalue weighted by atomic mass is 9.98. The highest BCUT2D eigenvalue weighted by molar-refractivity contribution is 5.93. The summed E-state index contributed by atoms with van der Waals surface area (Å²) in [6, 6.07) is 15.3. The van der Waals surface area contributed by atoms with E-state index in [2.05, 4.69) is 10.6 Å². The Hall–Kier alpha value is -3.92. The zero-order valence-corrected chi connectivity index (χ0v) is 25.0. The first-order valence-electron chi connectivity index (χ1n) is 14.6. The highest BCUT2D eigenvalue weighted by Gasteiger charge is 2.30. The van der Waals surface area contributed by atoms with E-state index in [1.54, 1.807) is 0 Å². The van der Waals surface area contributed by atoms with Crippen molar-refractivity contribution in [2.45, 2.75) is 65.8 Å². The Morgan fingerprint density at radius 2 is 1.48 bits per heavy atom. The van der Waals surface area contributed by atoms with Crippen LogP contribution in [0.1, 0.15) is 51.7 Å². The number of carbonyl (C=O) groups is 4. The van der Waals surface area contributed by atoms with E-state index in [4.69, 9.17) is 4.74 Å². The van der Waals surface area contributed by atoms with Crippen LogP contribution < -0.4 is 15.5 Å². The van der Waals surface area contributed by atoms with Crippen molar-refractivity contribution in [3.8, 4) is 0 Å². The minimum Gasteiger partial charge on any atom is -0.480 e. The molecule has 2 amide bonds. The molecule has 10 heteroatoms. The summed E-state index contributed by atoms with van der Waals surface area (Å²) in [6.45, 7) is 9.41. The molecule has 10 nitrogen and oxygen atoms in total. The second-order valence-corrected chi connectivity index (χ2v) is 11.7. The zero-order valence-electron chi connectivity index (χ0n) is 25.0. The van der Waals surface area contributed by atoms with Gasteiger partial charge < -0.3 is 25.4 Å². The van der Waals surface area contributed by atoms with Crippen molar-refractivity contribution >= 4 is 29.4 Å². The van der Waals surface area contributed by atoms with E-state index >= 15 is 0 Å². The molecule has 0 saturated heterocycles. The Balaban J connectivity index is 1.67. The third-order valence-electron chi connectivity index (χ3n) is 7.06. The van der Waals surface area contributed by atoms with Gasteiger partial charge in [-0.15, -0.1) is 0 Å². The average Bonchev–Trinajstić information content (AvgIpc) is 3.10. The van der Waals surface area contributed by atoms with Crippen molar-refractivity contribution in [2.75, 3.05) is 31.1 Å². The minimum atomic E-state index is -0.914. The number of hydrogen-bond donors (Lipinski definition) is 3. The first-order chi connectivity index (χ1) is 20.0. The second kappa shape index (κ2) is 15.9. The fraction of sp³-hybridized carbons (Fsp3) is 0.500. The number of ether oxygens (including phenoxy) is 1. The van der Waals surface area contributed by atoms with Gasteiger partial charge in [0.25, 0.3) is 0 Å². The Morgan fingerprint density at radius 1 is 0.833 bits per heavy atom. The molecule has 3 N–H and O–H groups in total. The number of Topliss-reactive ketones (excluding diaryl/α,β-unsaturated/α-hetero) is 1. The maximum atomic E-state index is 13.6. The fourth-order valence-corrected chi connectivity index (χ4v) is 5.07. The van der Waals surface area contributed by atoms with E-state index < -0.39 is 30.1 Å². The molecule has 1 aliphatic rings. The fourth-order valence-electron chi connectivity index (χ4n) is 5.07. The number of carboxylic acid groups (broad SMARTS) is 1. The highest BCUT2D eigenvalue weighted by atomic mass is 16.5. The van der Waals surface area contributed by atoms with Crippen molar-refractivity contribution < 1.29 is 29.0 Å². The summed E-state index contributed by atoms with van der Waals surface area (Å²) in [5.74, 6) is -1.21. The van der Waals surface area contributed by atoms with Crippen molar-refractivity contribution in [3.63, 3.8) is 0 Å². The molecule has 3 rings (SSSR count). The van der Waals surface area contributed by atoms with Crippen LogP contribution in [0.15, 0.2) is 54.6 Å². The molecule has 0 fully saturated rings. The second-order valence-electron chi connectivity index (χ2n) is 11.7. The van der Waals surface area contributed by atoms with Crippen LogP contribution in [0.4, 0.5) is 10.5 Å². The van der Waals surface area contributed by atoms with Crippen molar-refractivity contribution in [3.05, 3.63) is 65.7 Å². The van der Waals surface area contributed by atoms with Gasteiger partial charge in [-0.3, -0.25) is 19.3 Å². The standard InChI is InChI=1S/C32H44N4O6/c1-22(2)16-26(29(37)19-35-14-15-36(20-30(38)39)28-13-9-8-12-25(28)18-35)33-31(40)27(17-23(3)4)34-32(41)42-21-24-10-6-5-7-11-24/h5-13,22-23,26-27H,14-21H2,1-4H3,(H,33,40)(H,34,41)(H,38,39)/t26-,27-/m0/s1. The summed E-state index contributed by atoms with van der Waals surface area (Å²) < 4.78 is 5.34. The molecule has 0 aliphatic carbocycles. The number of benzene rings is 2. The number of fused-ring (bicyclic) bond motifs is 1. The predicted octanol–water partition coefficient (Wildman–Crippen LogP) is 3.83. The van der Waals surface area contributed by atoms with Gasteiger partial charge in [-0.25, -0.2) is 4.79 Å². The molecule has 0 saturated carbocycles. The lowest BCUT2D eigenvalue weighted by Crippen LogP contribution is -2.53. The molecular formula is C32H44N4O6. The number of carbonyl (C=O) groups excluding carboxylic acids is 3. The van der Waals surface area contributed by atoms with E-state index in [1.807, 2.05) is 92.1 Å². The maximum Gasteiger partial charge on any atom is 0.408 e. The molecule has 1 aliphatic heterocycles. The number of ketones is 1. The largest absolute Gasteiger partial charge is 0.480 e. The maximum absolute atomic E-state index is 13.6. The Bertz CT molecular complexity index is 1200. The van der Waals surface area contributed by atoms with Crippen LogP contribution in [-0.2, 0) is 32.3 Å². The van der Waals surface area contributed by atoms with Gasteiger partial charge >= 0.3 is 12.1 Å². The summed E-state index contributed by atoms with van der Waals surface area (Å²) in [5.41, 5.74) is 2.63. The monoisotopic (exact) mass is 580 g/mol. The number of aliphatic carboxylic acids is 1. The third-order valence-corrected chi connectivity index (χ3v) is 7.06. The number of nitrogens with zero attached hydrogens (tertiary/aromatic N) is 2. The molecule has 1 heterocycles. The van der Waals surface area contributed by atoms with Crippen molar-refractivity contribution in [1.82, 2.24) is 15.5 Å². The normalized spacial score (nSPS) is 15.0. The molecule has 2 aromatic carbocycles. The number of amides is 2. The van der Waals surface area contributed by atoms with Crippen LogP contribution in [-0.4, -0.2) is 72.0 Å². The molecule has 0 radical (unpaired) electrons. The number of rotatable bonds is 14. The van der Waals surface area contributed by atoms with Crippen LogP contribution in [0.3, 0.4) is 0 Å². The lowest BCUT2D eigenvalue weighted by molar-refractivity contribution is -0.135. The smallest absolute Gasteiger partial charge is 0.408 e. The number of hydrogen-bond acceptors (Lipinski definition) is 7. The summed E-state index contributed by atoms with van der Waals surface area (Å²) in [5, 5.41) is 15.0. The van der Waals surface area contributed by atoms with Gasteiger partial charge in [0.2, 0.25) is 5.91 Å². The van der Waals surface area contributed by atoms with Crippen LogP contribution in [0.5, 0.6) is 0 Å². The summed E-state index contributed by atoms with van der Waals surface area (Å²) in [6.07, 6.45) is 0.144. The van der Waals surface area contributed by atoms with Gasteiger partial charge in [0.1, 0.15) is 19.2 Å². The first kappa shape index (κ1) is 32.6. The van der Waals surface area contributed by atoms with Gasteiger partial charge in [-0.05, 0) is 41.9 Å². The minimum absolute atomic E-state index is 0.0833. The van der Waals surface area contributed by atoms with E-state index in [1.165, 1.54) is 0 Å². The van der Waals surface area contributed by atoms with Crippen LogP contribution in [0.2, 0.25) is 0 Å². The number of anilines is 1. The molecular weight excluding hydrogens is 536 g/mol. The molecule has 2 atom stereocenters. The van der Waals surface area contributed by atoms with E-state index in [0.717, 1.165) is 16.8 Å². The van der Waals surface area contributed by atoms with Crippen molar-refractivity contribution in [1.29, 1.82) is 0 Å². The Kier molecular flexibility index (Phi) is 12.3. The SMILES string of the molecule is CC(C)C[C@H](NC(=O)[C@H](CC(C)C)NC(=O)OCc1ccccc1)C(=O)CN1CCN(CC(=O)O)c2ccccc2C1. The van der Waals surface area contributed by atoms with Gasteiger partial charge in [0.15, 0.2) is 5.78 Å². The summed E-state index contributed by atoms with van der Waals surface area (Å²) in [4.78, 5) is 54.9. The predicted molar refractivity (Wildman–Crippen MR) is 161 cm³/mol.